The molecule has 5 nitrogen and oxygen atoms in total. The fraction of sp³-hybridized carbons (Fsp3) is 0.158. The van der Waals surface area contributed by atoms with Crippen molar-refractivity contribution in [3.8, 4) is 16.2 Å². The molecule has 2 heterocycles. The molecule has 3 rings (SSSR count). The number of benzene rings is 1. The molecule has 0 spiro atoms. The Bertz CT molecular complexity index is 988. The summed E-state index contributed by atoms with van der Waals surface area (Å²) in [5.41, 5.74) is 1.02. The largest absolute Gasteiger partial charge is 0.484 e. The average molecular weight is 440 g/mol. The lowest BCUT2D eigenvalue weighted by Crippen LogP contribution is -2.21. The quantitative estimate of drug-likeness (QED) is 0.496. The van der Waals surface area contributed by atoms with Gasteiger partial charge >= 0.3 is 5.97 Å². The Morgan fingerprint density at radius 3 is 2.75 bits per heavy atom. The van der Waals surface area contributed by atoms with Gasteiger partial charge in [0.05, 0.1) is 11.6 Å². The van der Waals surface area contributed by atoms with Crippen LogP contribution >= 0.6 is 34.3 Å². The molecule has 0 saturated heterocycles. The van der Waals surface area contributed by atoms with Crippen molar-refractivity contribution in [1.82, 2.24) is 0 Å². The predicted octanol–water partition coefficient (Wildman–Crippen LogP) is 5.46. The minimum atomic E-state index is -0.572. The van der Waals surface area contributed by atoms with Crippen molar-refractivity contribution in [3.05, 3.63) is 57.5 Å². The Morgan fingerprint density at radius 1 is 1.25 bits per heavy atom. The summed E-state index contributed by atoms with van der Waals surface area (Å²) >= 11 is 8.41. The molecule has 9 heteroatoms. The van der Waals surface area contributed by atoms with Crippen LogP contribution in [0.15, 0.2) is 41.1 Å². The second-order valence-electron chi connectivity index (χ2n) is 5.46. The van der Waals surface area contributed by atoms with Crippen LogP contribution in [0.3, 0.4) is 0 Å². The number of hydrogen-bond donors (Lipinski definition) is 1. The highest BCUT2D eigenvalue weighted by Gasteiger charge is 2.23. The van der Waals surface area contributed by atoms with Crippen LogP contribution in [0.5, 0.6) is 5.75 Å². The van der Waals surface area contributed by atoms with E-state index in [0.29, 0.717) is 16.1 Å². The second-order valence-corrected chi connectivity index (χ2v) is 7.70. The number of thiophene rings is 2. The zero-order chi connectivity index (χ0) is 20.1. The van der Waals surface area contributed by atoms with Crippen molar-refractivity contribution in [2.45, 2.75) is 6.92 Å². The summed E-state index contributed by atoms with van der Waals surface area (Å²) in [7, 11) is 0. The van der Waals surface area contributed by atoms with Gasteiger partial charge < -0.3 is 14.8 Å². The zero-order valence-corrected chi connectivity index (χ0v) is 17.1. The summed E-state index contributed by atoms with van der Waals surface area (Å²) in [6.45, 7) is 1.62. The van der Waals surface area contributed by atoms with Crippen LogP contribution < -0.4 is 10.1 Å². The van der Waals surface area contributed by atoms with Gasteiger partial charge in [-0.05, 0) is 30.5 Å². The third-order valence-corrected chi connectivity index (χ3v) is 5.66. The number of carbonyl (C=O) groups is 2. The number of ether oxygens (including phenoxy) is 2. The molecule has 28 heavy (non-hydrogen) atoms. The van der Waals surface area contributed by atoms with E-state index in [1.54, 1.807) is 12.3 Å². The number of halogens is 2. The Kier molecular flexibility index (Phi) is 6.66. The number of rotatable bonds is 7. The van der Waals surface area contributed by atoms with E-state index in [9.17, 15) is 14.0 Å². The van der Waals surface area contributed by atoms with Gasteiger partial charge in [0.15, 0.2) is 6.61 Å². The summed E-state index contributed by atoms with van der Waals surface area (Å²) in [6, 6.07) is 7.59. The number of hydrogen-bond acceptors (Lipinski definition) is 6. The Morgan fingerprint density at radius 2 is 2.07 bits per heavy atom. The Hall–Kier alpha value is -2.42. The first kappa shape index (κ1) is 20.3. The van der Waals surface area contributed by atoms with Crippen molar-refractivity contribution in [2.75, 3.05) is 18.5 Å². The molecule has 1 amide bonds. The van der Waals surface area contributed by atoms with Crippen LogP contribution in [0.4, 0.5) is 9.39 Å². The molecule has 0 fully saturated rings. The summed E-state index contributed by atoms with van der Waals surface area (Å²) in [6.07, 6.45) is 0. The van der Waals surface area contributed by atoms with E-state index >= 15 is 0 Å². The van der Waals surface area contributed by atoms with Crippen LogP contribution in [0, 0.1) is 5.82 Å². The third kappa shape index (κ3) is 4.70. The van der Waals surface area contributed by atoms with Gasteiger partial charge in [-0.1, -0.05) is 17.7 Å². The lowest BCUT2D eigenvalue weighted by molar-refractivity contribution is -0.118. The highest BCUT2D eigenvalue weighted by Crippen LogP contribution is 2.38. The van der Waals surface area contributed by atoms with Gasteiger partial charge in [-0.15, -0.1) is 22.7 Å². The Labute approximate surface area is 173 Å². The summed E-state index contributed by atoms with van der Waals surface area (Å²) in [5.74, 6) is -1.28. The van der Waals surface area contributed by atoms with E-state index in [-0.39, 0.29) is 24.0 Å². The van der Waals surface area contributed by atoms with Crippen molar-refractivity contribution < 1.29 is 23.5 Å². The minimum absolute atomic E-state index is 0.0960. The lowest BCUT2D eigenvalue weighted by Gasteiger charge is -2.09. The molecule has 0 saturated carbocycles. The fourth-order valence-corrected chi connectivity index (χ4v) is 4.31. The van der Waals surface area contributed by atoms with E-state index in [1.165, 1.54) is 34.8 Å². The van der Waals surface area contributed by atoms with E-state index in [1.807, 2.05) is 17.5 Å². The topological polar surface area (TPSA) is 64.6 Å². The van der Waals surface area contributed by atoms with Crippen molar-refractivity contribution in [3.63, 3.8) is 0 Å². The maximum atomic E-state index is 13.2. The monoisotopic (exact) mass is 439 g/mol. The maximum absolute atomic E-state index is 13.2. The molecule has 0 bridgehead atoms. The zero-order valence-electron chi connectivity index (χ0n) is 14.7. The summed E-state index contributed by atoms with van der Waals surface area (Å²) in [5, 5.41) is 6.67. The first-order chi connectivity index (χ1) is 13.5. The van der Waals surface area contributed by atoms with E-state index < -0.39 is 17.7 Å². The molecule has 0 atom stereocenters. The average Bonchev–Trinajstić information content (AvgIpc) is 3.32. The number of amides is 1. The molecular weight excluding hydrogens is 425 g/mol. The van der Waals surface area contributed by atoms with Gasteiger partial charge in [-0.2, -0.15) is 0 Å². The fourth-order valence-electron chi connectivity index (χ4n) is 2.35. The molecule has 0 aliphatic heterocycles. The highest BCUT2D eigenvalue weighted by atomic mass is 35.5. The molecule has 0 radical (unpaired) electrons. The highest BCUT2D eigenvalue weighted by molar-refractivity contribution is 7.17. The van der Waals surface area contributed by atoms with Crippen molar-refractivity contribution >= 4 is 51.2 Å². The number of nitrogens with one attached hydrogen (secondary N) is 1. The molecule has 2 aromatic heterocycles. The maximum Gasteiger partial charge on any atom is 0.341 e. The first-order valence-electron chi connectivity index (χ1n) is 8.19. The molecule has 0 aliphatic carbocycles. The van der Waals surface area contributed by atoms with Gasteiger partial charge in [0.2, 0.25) is 0 Å². The molecule has 3 aromatic rings. The first-order valence-corrected chi connectivity index (χ1v) is 10.3. The molecule has 1 N–H and O–H groups in total. The van der Waals surface area contributed by atoms with Crippen LogP contribution in [0.1, 0.15) is 17.3 Å². The predicted molar refractivity (Wildman–Crippen MR) is 109 cm³/mol. The van der Waals surface area contributed by atoms with Gasteiger partial charge in [-0.25, -0.2) is 9.18 Å². The van der Waals surface area contributed by atoms with Crippen LogP contribution in [0.25, 0.3) is 10.4 Å². The van der Waals surface area contributed by atoms with Gasteiger partial charge in [0.1, 0.15) is 22.1 Å². The van der Waals surface area contributed by atoms with Gasteiger partial charge in [0.25, 0.3) is 5.91 Å². The van der Waals surface area contributed by atoms with Gasteiger partial charge in [-0.3, -0.25) is 4.79 Å². The summed E-state index contributed by atoms with van der Waals surface area (Å²) in [4.78, 5) is 25.6. The van der Waals surface area contributed by atoms with Gasteiger partial charge in [0, 0.05) is 21.9 Å². The van der Waals surface area contributed by atoms with Crippen molar-refractivity contribution in [1.29, 1.82) is 0 Å². The van der Waals surface area contributed by atoms with E-state index in [0.717, 1.165) is 10.9 Å². The third-order valence-electron chi connectivity index (χ3n) is 3.57. The van der Waals surface area contributed by atoms with Crippen LogP contribution in [-0.4, -0.2) is 25.1 Å². The molecule has 0 unspecified atom stereocenters. The normalized spacial score (nSPS) is 10.5. The molecule has 1 aromatic carbocycles. The number of esters is 1. The smallest absolute Gasteiger partial charge is 0.341 e. The Balaban J connectivity index is 1.74. The van der Waals surface area contributed by atoms with Crippen LogP contribution in [-0.2, 0) is 9.53 Å². The number of carbonyl (C=O) groups excluding carboxylic acids is 2. The minimum Gasteiger partial charge on any atom is -0.484 e. The van der Waals surface area contributed by atoms with E-state index in [4.69, 9.17) is 21.1 Å². The van der Waals surface area contributed by atoms with E-state index in [2.05, 4.69) is 5.32 Å². The van der Waals surface area contributed by atoms with Crippen LogP contribution in [0.2, 0.25) is 5.02 Å². The molecular formula is C19H15ClFNO4S2. The lowest BCUT2D eigenvalue weighted by atomic mass is 10.1. The standard InChI is InChI=1S/C19H15ClFNO4S2/c1-2-25-19(24)17-12(15-4-3-7-27-15)10-28-18(17)22-16(23)9-26-11-5-6-14(21)13(20)8-11/h3-8,10H,2,9H2,1H3,(H,22,23). The second kappa shape index (κ2) is 9.18. The summed E-state index contributed by atoms with van der Waals surface area (Å²) < 4.78 is 23.6. The SMILES string of the molecule is CCOC(=O)c1c(-c2cccs2)csc1NC(=O)COc1ccc(F)c(Cl)c1. The number of anilines is 1. The molecule has 0 aliphatic rings. The van der Waals surface area contributed by atoms with Crippen molar-refractivity contribution in [2.24, 2.45) is 0 Å². The molecule has 146 valence electrons.